The number of phenolic OH excluding ortho intramolecular Hbond substituents is 1. The zero-order valence-electron chi connectivity index (χ0n) is 25.5. The minimum atomic E-state index is -0.924. The molecular weight excluding hydrogens is 592 g/mol. The number of nitrogens with zero attached hydrogens (tertiary/aromatic N) is 5. The first kappa shape index (κ1) is 29.9. The quantitative estimate of drug-likeness (QED) is 0.273. The van der Waals surface area contributed by atoms with Crippen molar-refractivity contribution in [2.75, 3.05) is 37.7 Å². The molecular formula is C35H33F2N5O4. The zero-order chi connectivity index (χ0) is 32.2. The molecule has 5 heterocycles. The number of alkyl halides is 1. The lowest BCUT2D eigenvalue weighted by atomic mass is 9.94. The van der Waals surface area contributed by atoms with E-state index in [0.717, 1.165) is 32.2 Å². The highest BCUT2D eigenvalue weighted by molar-refractivity contribution is 6.03. The minimum absolute atomic E-state index is 0.0259. The number of anilines is 1. The SMILES string of the molecule is C#Cc1c(F)ccc2cc(O)cc(-c3oc(=O)c4c(N5CCCC(CC#N)C5)nc(OC[C@@]56CCCN5C[C@H](F)C6)nc4c3C)c12. The van der Waals surface area contributed by atoms with Gasteiger partial charge in [0, 0.05) is 49.0 Å². The van der Waals surface area contributed by atoms with Crippen LogP contribution in [0, 0.1) is 42.3 Å². The highest BCUT2D eigenvalue weighted by atomic mass is 19.1. The molecule has 1 unspecified atom stereocenters. The summed E-state index contributed by atoms with van der Waals surface area (Å²) in [5.74, 6) is 2.18. The number of nitriles is 1. The summed E-state index contributed by atoms with van der Waals surface area (Å²) < 4.78 is 41.6. The van der Waals surface area contributed by atoms with E-state index in [-0.39, 0.29) is 52.1 Å². The van der Waals surface area contributed by atoms with Crippen molar-refractivity contribution in [1.82, 2.24) is 14.9 Å². The Morgan fingerprint density at radius 1 is 1.22 bits per heavy atom. The highest BCUT2D eigenvalue weighted by Crippen LogP contribution is 2.42. The van der Waals surface area contributed by atoms with Crippen molar-refractivity contribution >= 4 is 27.5 Å². The molecule has 7 rings (SSSR count). The van der Waals surface area contributed by atoms with Crippen LogP contribution in [0.25, 0.3) is 33.0 Å². The van der Waals surface area contributed by atoms with Gasteiger partial charge in [0.15, 0.2) is 5.82 Å². The Hall–Kier alpha value is -4.74. The van der Waals surface area contributed by atoms with Gasteiger partial charge in [-0.05, 0) is 68.7 Å². The molecule has 0 bridgehead atoms. The van der Waals surface area contributed by atoms with Crippen LogP contribution in [0.3, 0.4) is 0 Å². The number of piperidine rings is 1. The number of hydrogen-bond acceptors (Lipinski definition) is 9. The van der Waals surface area contributed by atoms with Gasteiger partial charge in [0.05, 0.1) is 22.7 Å². The summed E-state index contributed by atoms with van der Waals surface area (Å²) in [6, 6.07) is 7.87. The fourth-order valence-corrected chi connectivity index (χ4v) is 7.71. The molecule has 46 heavy (non-hydrogen) atoms. The molecule has 0 spiro atoms. The van der Waals surface area contributed by atoms with E-state index in [4.69, 9.17) is 25.5 Å². The molecule has 236 valence electrons. The minimum Gasteiger partial charge on any atom is -0.508 e. The normalized spacial score (nSPS) is 23.0. The van der Waals surface area contributed by atoms with Crippen molar-refractivity contribution in [3.8, 4) is 41.5 Å². The summed E-state index contributed by atoms with van der Waals surface area (Å²) in [6.07, 6.45) is 8.99. The summed E-state index contributed by atoms with van der Waals surface area (Å²) in [5, 5.41) is 20.9. The fourth-order valence-electron chi connectivity index (χ4n) is 7.71. The molecule has 3 aliphatic heterocycles. The number of benzene rings is 2. The summed E-state index contributed by atoms with van der Waals surface area (Å²) >= 11 is 0. The van der Waals surface area contributed by atoms with E-state index in [0.29, 0.717) is 54.6 Å². The van der Waals surface area contributed by atoms with E-state index >= 15 is 0 Å². The van der Waals surface area contributed by atoms with Crippen LogP contribution in [-0.2, 0) is 0 Å². The first-order valence-electron chi connectivity index (χ1n) is 15.6. The molecule has 2 aromatic heterocycles. The van der Waals surface area contributed by atoms with Gasteiger partial charge in [-0.2, -0.15) is 15.2 Å². The summed E-state index contributed by atoms with van der Waals surface area (Å²) in [6.45, 7) is 4.24. The number of phenols is 1. The van der Waals surface area contributed by atoms with Gasteiger partial charge < -0.3 is 19.2 Å². The third-order valence-corrected chi connectivity index (χ3v) is 9.83. The Bertz CT molecular complexity index is 2020. The lowest BCUT2D eigenvalue weighted by Crippen LogP contribution is -2.43. The van der Waals surface area contributed by atoms with Crippen molar-refractivity contribution in [2.24, 2.45) is 5.92 Å². The van der Waals surface area contributed by atoms with Crippen LogP contribution in [0.2, 0.25) is 0 Å². The van der Waals surface area contributed by atoms with E-state index in [9.17, 15) is 23.9 Å². The van der Waals surface area contributed by atoms with E-state index in [2.05, 4.69) is 16.9 Å². The third kappa shape index (κ3) is 5.00. The molecule has 11 heteroatoms. The van der Waals surface area contributed by atoms with E-state index < -0.39 is 23.2 Å². The molecule has 0 aliphatic carbocycles. The smallest absolute Gasteiger partial charge is 0.349 e. The van der Waals surface area contributed by atoms with Crippen molar-refractivity contribution in [3.63, 3.8) is 0 Å². The number of hydrogen-bond donors (Lipinski definition) is 1. The Morgan fingerprint density at radius 2 is 2.07 bits per heavy atom. The maximum absolute atomic E-state index is 14.9. The fraction of sp³-hybridized carbons (Fsp3) is 0.429. The Morgan fingerprint density at radius 3 is 2.87 bits per heavy atom. The average molecular weight is 626 g/mol. The Balaban J connectivity index is 1.41. The number of terminal acetylenes is 1. The van der Waals surface area contributed by atoms with Gasteiger partial charge in [-0.25, -0.2) is 13.6 Å². The molecule has 1 N–H and O–H groups in total. The second-order valence-electron chi connectivity index (χ2n) is 12.7. The monoisotopic (exact) mass is 625 g/mol. The molecule has 0 amide bonds. The standard InChI is InChI=1S/C35H33F2N5O4/c1-3-25-27(37)8-7-22-14-24(43)15-26(28(22)25)31-20(2)30-29(33(44)46-31)32(41-12-4-6-21(17-41)9-11-38)40-34(39-30)45-19-35-10-5-13-42(35)18-23(36)16-35/h1,7-8,14-15,21,23,43H,4-6,9-10,12-13,16-19H2,2H3/t21?,23-,35+/m1/s1. The Labute approximate surface area is 264 Å². The van der Waals surface area contributed by atoms with Gasteiger partial charge in [-0.1, -0.05) is 12.0 Å². The maximum atomic E-state index is 14.9. The molecule has 3 atom stereocenters. The van der Waals surface area contributed by atoms with E-state index in [1.54, 1.807) is 6.92 Å². The number of ether oxygens (including phenoxy) is 1. The molecule has 2 aromatic carbocycles. The Kier molecular flexibility index (Phi) is 7.53. The zero-order valence-corrected chi connectivity index (χ0v) is 25.5. The molecule has 3 saturated heterocycles. The number of rotatable bonds is 6. The van der Waals surface area contributed by atoms with Crippen LogP contribution in [0.15, 0.2) is 33.5 Å². The van der Waals surface area contributed by atoms with Gasteiger partial charge in [0.25, 0.3) is 0 Å². The number of aromatic nitrogens is 2. The third-order valence-electron chi connectivity index (χ3n) is 9.83. The number of fused-ring (bicyclic) bond motifs is 3. The van der Waals surface area contributed by atoms with Crippen LogP contribution in [0.5, 0.6) is 11.8 Å². The van der Waals surface area contributed by atoms with Gasteiger partial charge in [0.2, 0.25) is 0 Å². The molecule has 4 aromatic rings. The predicted octanol–water partition coefficient (Wildman–Crippen LogP) is 5.62. The first-order chi connectivity index (χ1) is 22.2. The number of aromatic hydroxyl groups is 1. The molecule has 0 saturated carbocycles. The van der Waals surface area contributed by atoms with Crippen LogP contribution < -0.4 is 15.3 Å². The van der Waals surface area contributed by atoms with Gasteiger partial charge in [-0.15, -0.1) is 6.42 Å². The molecule has 3 aliphatic rings. The van der Waals surface area contributed by atoms with Gasteiger partial charge in [-0.3, -0.25) is 4.90 Å². The lowest BCUT2D eigenvalue weighted by molar-refractivity contribution is 0.107. The predicted molar refractivity (Wildman–Crippen MR) is 169 cm³/mol. The van der Waals surface area contributed by atoms with Crippen molar-refractivity contribution in [2.45, 2.75) is 57.2 Å². The topological polar surface area (TPSA) is 116 Å². The average Bonchev–Trinajstić information content (AvgIpc) is 3.57. The number of halogens is 2. The van der Waals surface area contributed by atoms with Crippen molar-refractivity contribution in [3.05, 3.63) is 51.6 Å². The van der Waals surface area contributed by atoms with Crippen LogP contribution >= 0.6 is 0 Å². The van der Waals surface area contributed by atoms with E-state index in [1.807, 2.05) is 4.90 Å². The summed E-state index contributed by atoms with van der Waals surface area (Å²) in [7, 11) is 0. The second-order valence-corrected chi connectivity index (χ2v) is 12.7. The summed E-state index contributed by atoms with van der Waals surface area (Å²) in [5.41, 5.74) is -0.215. The van der Waals surface area contributed by atoms with Crippen LogP contribution in [-0.4, -0.2) is 64.5 Å². The second kappa shape index (κ2) is 11.6. The molecule has 0 radical (unpaired) electrons. The molecule has 9 nitrogen and oxygen atoms in total. The maximum Gasteiger partial charge on any atom is 0.349 e. The van der Waals surface area contributed by atoms with Gasteiger partial charge >= 0.3 is 11.6 Å². The first-order valence-corrected chi connectivity index (χ1v) is 15.6. The molecule has 3 fully saturated rings. The summed E-state index contributed by atoms with van der Waals surface area (Å²) in [4.78, 5) is 27.5. The number of aryl methyl sites for hydroxylation is 1. The van der Waals surface area contributed by atoms with Crippen molar-refractivity contribution < 1.29 is 23.0 Å². The van der Waals surface area contributed by atoms with Crippen molar-refractivity contribution in [1.29, 1.82) is 5.26 Å². The lowest BCUT2D eigenvalue weighted by Gasteiger charge is -2.33. The van der Waals surface area contributed by atoms with Gasteiger partial charge in [0.1, 0.15) is 35.5 Å². The highest BCUT2D eigenvalue weighted by Gasteiger charge is 2.49. The van der Waals surface area contributed by atoms with Crippen LogP contribution in [0.4, 0.5) is 14.6 Å². The van der Waals surface area contributed by atoms with E-state index in [1.165, 1.54) is 24.3 Å². The largest absolute Gasteiger partial charge is 0.508 e. The van der Waals surface area contributed by atoms with Crippen LogP contribution in [0.1, 0.15) is 49.7 Å².